The van der Waals surface area contributed by atoms with Gasteiger partial charge in [-0.05, 0) is 6.07 Å². The molecule has 0 aliphatic carbocycles. The first-order valence-corrected chi connectivity index (χ1v) is 4.20. The molecule has 0 fully saturated rings. The number of halogens is 7. The molecule has 1 heterocycles. The molecular formula is C7H2Cl2F5N. The molecule has 15 heavy (non-hydrogen) atoms. The highest BCUT2D eigenvalue weighted by molar-refractivity contribution is 6.33. The van der Waals surface area contributed by atoms with Gasteiger partial charge in [0.15, 0.2) is 5.69 Å². The Hall–Kier alpha value is -0.620. The summed E-state index contributed by atoms with van der Waals surface area (Å²) in [6.45, 7) is 0. The third-order valence-corrected chi connectivity index (χ3v) is 2.05. The Morgan fingerprint density at radius 2 is 1.73 bits per heavy atom. The minimum Gasteiger partial charge on any atom is -0.230 e. The fraction of sp³-hybridized carbons (Fsp3) is 0.286. The first kappa shape index (κ1) is 12.4. The van der Waals surface area contributed by atoms with Crippen LogP contribution in [0, 0.1) is 0 Å². The first-order valence-electron chi connectivity index (χ1n) is 3.44. The first-order chi connectivity index (χ1) is 6.73. The maximum absolute atomic E-state index is 12.2. The number of alkyl halides is 5. The second-order valence-electron chi connectivity index (χ2n) is 2.50. The topological polar surface area (TPSA) is 12.9 Å². The van der Waals surface area contributed by atoms with Crippen molar-refractivity contribution in [1.82, 2.24) is 4.98 Å². The summed E-state index contributed by atoms with van der Waals surface area (Å²) >= 11 is 10.3. The normalized spacial score (nSPS) is 12.3. The van der Waals surface area contributed by atoms with E-state index in [4.69, 9.17) is 23.2 Å². The fourth-order valence-electron chi connectivity index (χ4n) is 0.832. The van der Waals surface area contributed by atoms with E-state index in [0.29, 0.717) is 6.07 Å². The molecule has 0 bridgehead atoms. The van der Waals surface area contributed by atoms with Gasteiger partial charge in [-0.2, -0.15) is 13.2 Å². The Kier molecular flexibility index (Phi) is 3.40. The molecule has 0 N–H and O–H groups in total. The van der Waals surface area contributed by atoms with E-state index in [0.717, 1.165) is 0 Å². The summed E-state index contributed by atoms with van der Waals surface area (Å²) in [4.78, 5) is 2.79. The summed E-state index contributed by atoms with van der Waals surface area (Å²) in [7, 11) is 0. The highest BCUT2D eigenvalue weighted by Crippen LogP contribution is 2.37. The van der Waals surface area contributed by atoms with Gasteiger partial charge >= 0.3 is 6.18 Å². The largest absolute Gasteiger partial charge is 0.434 e. The number of hydrogen-bond donors (Lipinski definition) is 0. The second-order valence-corrected chi connectivity index (χ2v) is 3.26. The molecule has 8 heteroatoms. The molecule has 0 saturated heterocycles. The molecule has 0 saturated carbocycles. The molecule has 1 nitrogen and oxygen atoms in total. The summed E-state index contributed by atoms with van der Waals surface area (Å²) in [6.07, 6.45) is -7.84. The van der Waals surface area contributed by atoms with Gasteiger partial charge in [-0.15, -0.1) is 0 Å². The minimum absolute atomic E-state index is 0.463. The standard InChI is InChI=1S/C7H2Cl2F5N/c8-3-1-2(6(10)11)5(9)15-4(3)7(12,13)14/h1,6H. The van der Waals surface area contributed by atoms with E-state index in [2.05, 4.69) is 4.98 Å². The predicted molar refractivity (Wildman–Crippen MR) is 44.2 cm³/mol. The summed E-state index contributed by atoms with van der Waals surface area (Å²) in [5.41, 5.74) is -2.30. The molecule has 1 aromatic heterocycles. The van der Waals surface area contributed by atoms with Gasteiger partial charge in [0.2, 0.25) is 0 Å². The Morgan fingerprint density at radius 3 is 2.13 bits per heavy atom. The smallest absolute Gasteiger partial charge is 0.230 e. The maximum atomic E-state index is 12.2. The van der Waals surface area contributed by atoms with E-state index in [1.807, 2.05) is 0 Å². The molecule has 1 rings (SSSR count). The van der Waals surface area contributed by atoms with Gasteiger partial charge in [-0.1, -0.05) is 23.2 Å². The van der Waals surface area contributed by atoms with Gasteiger partial charge in [0.25, 0.3) is 6.43 Å². The number of aromatic nitrogens is 1. The molecular weight excluding hydrogens is 264 g/mol. The zero-order chi connectivity index (χ0) is 11.8. The lowest BCUT2D eigenvalue weighted by Gasteiger charge is -2.10. The van der Waals surface area contributed by atoms with Gasteiger partial charge in [0.1, 0.15) is 5.15 Å². The highest BCUT2D eigenvalue weighted by Gasteiger charge is 2.36. The fourth-order valence-corrected chi connectivity index (χ4v) is 1.32. The van der Waals surface area contributed by atoms with Crippen LogP contribution in [0.15, 0.2) is 6.07 Å². The van der Waals surface area contributed by atoms with E-state index in [1.54, 1.807) is 0 Å². The van der Waals surface area contributed by atoms with E-state index < -0.39 is 34.0 Å². The lowest BCUT2D eigenvalue weighted by atomic mass is 10.2. The minimum atomic E-state index is -4.82. The third kappa shape index (κ3) is 2.69. The van der Waals surface area contributed by atoms with Crippen LogP contribution < -0.4 is 0 Å². The van der Waals surface area contributed by atoms with Crippen LogP contribution >= 0.6 is 23.2 Å². The van der Waals surface area contributed by atoms with Crippen LogP contribution in [-0.4, -0.2) is 4.98 Å². The number of nitrogens with zero attached hydrogens (tertiary/aromatic N) is 1. The second kappa shape index (κ2) is 4.09. The Labute approximate surface area is 90.8 Å². The van der Waals surface area contributed by atoms with Crippen molar-refractivity contribution in [2.45, 2.75) is 12.6 Å². The van der Waals surface area contributed by atoms with Crippen LogP contribution in [0.5, 0.6) is 0 Å². The summed E-state index contributed by atoms with van der Waals surface area (Å²) in [5, 5.41) is -1.80. The monoisotopic (exact) mass is 265 g/mol. The molecule has 0 radical (unpaired) electrons. The van der Waals surface area contributed by atoms with Crippen LogP contribution in [-0.2, 0) is 6.18 Å². The summed E-state index contributed by atoms with van der Waals surface area (Å²) in [6, 6.07) is 0.463. The molecule has 0 aromatic carbocycles. The summed E-state index contributed by atoms with van der Waals surface area (Å²) in [5.74, 6) is 0. The van der Waals surface area contributed by atoms with E-state index in [9.17, 15) is 22.0 Å². The van der Waals surface area contributed by atoms with E-state index in [1.165, 1.54) is 0 Å². The van der Waals surface area contributed by atoms with Crippen molar-refractivity contribution in [2.24, 2.45) is 0 Å². The van der Waals surface area contributed by atoms with Crippen molar-refractivity contribution < 1.29 is 22.0 Å². The van der Waals surface area contributed by atoms with Crippen molar-refractivity contribution in [2.75, 3.05) is 0 Å². The number of rotatable bonds is 1. The quantitative estimate of drug-likeness (QED) is 0.544. The van der Waals surface area contributed by atoms with Gasteiger partial charge in [0, 0.05) is 0 Å². The zero-order valence-corrected chi connectivity index (χ0v) is 8.26. The predicted octanol–water partition coefficient (Wildman–Crippen LogP) is 4.34. The Balaban J connectivity index is 3.32. The third-order valence-electron chi connectivity index (χ3n) is 1.46. The van der Waals surface area contributed by atoms with Crippen molar-refractivity contribution in [3.8, 4) is 0 Å². The Morgan fingerprint density at radius 1 is 1.20 bits per heavy atom. The van der Waals surface area contributed by atoms with Gasteiger partial charge in [0.05, 0.1) is 10.6 Å². The van der Waals surface area contributed by atoms with Crippen molar-refractivity contribution in [1.29, 1.82) is 0 Å². The molecule has 0 atom stereocenters. The number of pyridine rings is 1. The SMILES string of the molecule is FC(F)c1cc(Cl)c(C(F)(F)F)nc1Cl. The average Bonchev–Trinajstić information content (AvgIpc) is 2.06. The van der Waals surface area contributed by atoms with Crippen LogP contribution in [0.2, 0.25) is 10.2 Å². The van der Waals surface area contributed by atoms with E-state index >= 15 is 0 Å². The molecule has 0 spiro atoms. The van der Waals surface area contributed by atoms with Crippen molar-refractivity contribution in [3.05, 3.63) is 27.5 Å². The zero-order valence-electron chi connectivity index (χ0n) is 6.75. The lowest BCUT2D eigenvalue weighted by Crippen LogP contribution is -2.10. The molecule has 0 aliphatic rings. The Bertz CT molecular complexity index is 376. The van der Waals surface area contributed by atoms with Gasteiger partial charge in [-0.25, -0.2) is 13.8 Å². The molecule has 84 valence electrons. The van der Waals surface area contributed by atoms with Crippen LogP contribution in [0.25, 0.3) is 0 Å². The lowest BCUT2D eigenvalue weighted by molar-refractivity contribution is -0.141. The molecule has 0 unspecified atom stereocenters. The molecule has 0 amide bonds. The van der Waals surface area contributed by atoms with Crippen LogP contribution in [0.3, 0.4) is 0 Å². The molecule has 1 aromatic rings. The van der Waals surface area contributed by atoms with Gasteiger partial charge < -0.3 is 0 Å². The van der Waals surface area contributed by atoms with E-state index in [-0.39, 0.29) is 0 Å². The average molecular weight is 266 g/mol. The van der Waals surface area contributed by atoms with Crippen molar-refractivity contribution >= 4 is 23.2 Å². The molecule has 0 aliphatic heterocycles. The van der Waals surface area contributed by atoms with Crippen molar-refractivity contribution in [3.63, 3.8) is 0 Å². The summed E-state index contributed by atoms with van der Waals surface area (Å²) < 4.78 is 60.8. The van der Waals surface area contributed by atoms with Crippen LogP contribution in [0.4, 0.5) is 22.0 Å². The maximum Gasteiger partial charge on any atom is 0.434 e. The highest BCUT2D eigenvalue weighted by atomic mass is 35.5. The van der Waals surface area contributed by atoms with Crippen LogP contribution in [0.1, 0.15) is 17.7 Å². The van der Waals surface area contributed by atoms with Gasteiger partial charge in [-0.3, -0.25) is 0 Å². The number of hydrogen-bond acceptors (Lipinski definition) is 1.